The van der Waals surface area contributed by atoms with E-state index in [0.717, 1.165) is 43.0 Å². The predicted octanol–water partition coefficient (Wildman–Crippen LogP) is 2.89. The number of rotatable bonds is 3. The van der Waals surface area contributed by atoms with E-state index in [-0.39, 0.29) is 12.3 Å². The van der Waals surface area contributed by atoms with Gasteiger partial charge in [0.05, 0.1) is 5.56 Å². The highest BCUT2D eigenvalue weighted by molar-refractivity contribution is 5.73. The van der Waals surface area contributed by atoms with Crippen LogP contribution in [0.15, 0.2) is 6.07 Å². The van der Waals surface area contributed by atoms with Gasteiger partial charge in [-0.3, -0.25) is 4.79 Å². The number of hydrogen-bond acceptors (Lipinski definition) is 5. The van der Waals surface area contributed by atoms with Gasteiger partial charge in [-0.15, -0.1) is 0 Å². The Labute approximate surface area is 154 Å². The van der Waals surface area contributed by atoms with E-state index in [1.165, 1.54) is 0 Å². The highest BCUT2D eigenvalue weighted by atomic mass is 19.4. The molecule has 27 heavy (non-hydrogen) atoms. The molecule has 148 valence electrons. The number of aryl methyl sites for hydroxylation is 2. The fourth-order valence-corrected chi connectivity index (χ4v) is 2.78. The predicted molar refractivity (Wildman–Crippen MR) is 89.3 cm³/mol. The number of nitriles is 1. The number of carbonyl (C=O) groups is 2. The van der Waals surface area contributed by atoms with Gasteiger partial charge < -0.3 is 15.1 Å². The molecule has 0 saturated carbocycles. The molecule has 0 unspecified atom stereocenters. The second-order valence-corrected chi connectivity index (χ2v) is 6.22. The Morgan fingerprint density at radius 1 is 1.30 bits per heavy atom. The summed E-state index contributed by atoms with van der Waals surface area (Å²) >= 11 is 0. The molecule has 0 radical (unpaired) electrons. The van der Waals surface area contributed by atoms with Crippen LogP contribution in [0.25, 0.3) is 0 Å². The van der Waals surface area contributed by atoms with Crippen LogP contribution in [0.1, 0.15) is 36.1 Å². The van der Waals surface area contributed by atoms with Crippen LogP contribution in [-0.4, -0.2) is 46.4 Å². The molecule has 10 heteroatoms. The monoisotopic (exact) mass is 387 g/mol. The highest BCUT2D eigenvalue weighted by Crippen LogP contribution is 2.28. The van der Waals surface area contributed by atoms with Crippen molar-refractivity contribution in [1.29, 1.82) is 5.26 Å². The highest BCUT2D eigenvalue weighted by Gasteiger charge is 2.38. The molecular formula is C17H20F3N3O4. The van der Waals surface area contributed by atoms with E-state index in [0.29, 0.717) is 5.56 Å². The normalized spacial score (nSPS) is 14.7. The first kappa shape index (κ1) is 22.2. The lowest BCUT2D eigenvalue weighted by atomic mass is 9.93. The van der Waals surface area contributed by atoms with Gasteiger partial charge in [-0.2, -0.15) is 18.4 Å². The van der Waals surface area contributed by atoms with Crippen LogP contribution in [0.2, 0.25) is 0 Å². The number of hydrogen-bond donors (Lipinski definition) is 2. The molecule has 1 aromatic heterocycles. The molecule has 7 nitrogen and oxygen atoms in total. The average Bonchev–Trinajstić information content (AvgIpc) is 2.54. The van der Waals surface area contributed by atoms with Crippen molar-refractivity contribution in [2.24, 2.45) is 5.92 Å². The Morgan fingerprint density at radius 2 is 1.81 bits per heavy atom. The standard InChI is InChI=1S/C15H19N3O2.C2HF3O2/c1-10-7-11(2)17-15(13(10)9-16)18-5-3-12(4-6-18)8-14(19)20;3-2(4,5)1(6)7/h7,12H,3-6,8H2,1-2H3,(H,19,20);(H,6,7). The first-order valence-electron chi connectivity index (χ1n) is 8.10. The summed E-state index contributed by atoms with van der Waals surface area (Å²) in [7, 11) is 0. The molecule has 1 saturated heterocycles. The number of carboxylic acids is 2. The molecular weight excluding hydrogens is 367 g/mol. The molecule has 1 aliphatic heterocycles. The van der Waals surface area contributed by atoms with Gasteiger partial charge in [0, 0.05) is 25.2 Å². The van der Waals surface area contributed by atoms with Crippen molar-refractivity contribution in [2.75, 3.05) is 18.0 Å². The second-order valence-electron chi connectivity index (χ2n) is 6.22. The van der Waals surface area contributed by atoms with Gasteiger partial charge in [0.25, 0.3) is 0 Å². The molecule has 2 rings (SSSR count). The van der Waals surface area contributed by atoms with Gasteiger partial charge in [0.1, 0.15) is 11.9 Å². The van der Waals surface area contributed by atoms with E-state index in [4.69, 9.17) is 15.0 Å². The maximum absolute atomic E-state index is 10.7. The van der Waals surface area contributed by atoms with Crippen LogP contribution in [0.5, 0.6) is 0 Å². The molecule has 1 aromatic rings. The van der Waals surface area contributed by atoms with Gasteiger partial charge in [-0.25, -0.2) is 9.78 Å². The average molecular weight is 387 g/mol. The lowest BCUT2D eigenvalue weighted by Crippen LogP contribution is -2.35. The molecule has 1 fully saturated rings. The molecule has 0 bridgehead atoms. The number of aromatic nitrogens is 1. The minimum absolute atomic E-state index is 0.235. The minimum atomic E-state index is -5.08. The third-order valence-corrected chi connectivity index (χ3v) is 4.06. The molecule has 0 amide bonds. The third-order valence-electron chi connectivity index (χ3n) is 4.06. The van der Waals surface area contributed by atoms with E-state index in [9.17, 15) is 23.2 Å². The van der Waals surface area contributed by atoms with Crippen molar-refractivity contribution in [3.63, 3.8) is 0 Å². The quantitative estimate of drug-likeness (QED) is 0.819. The fourth-order valence-electron chi connectivity index (χ4n) is 2.78. The Morgan fingerprint density at radius 3 is 2.22 bits per heavy atom. The van der Waals surface area contributed by atoms with Gasteiger partial charge in [-0.05, 0) is 44.2 Å². The molecule has 0 aromatic carbocycles. The number of nitrogens with zero attached hydrogens (tertiary/aromatic N) is 3. The van der Waals surface area contributed by atoms with Crippen LogP contribution in [0.3, 0.4) is 0 Å². The summed E-state index contributed by atoms with van der Waals surface area (Å²) in [4.78, 5) is 26.2. The van der Waals surface area contributed by atoms with Crippen molar-refractivity contribution < 1.29 is 33.0 Å². The zero-order valence-electron chi connectivity index (χ0n) is 14.9. The van der Waals surface area contributed by atoms with Crippen LogP contribution < -0.4 is 4.90 Å². The van der Waals surface area contributed by atoms with Crippen LogP contribution in [0.4, 0.5) is 19.0 Å². The largest absolute Gasteiger partial charge is 0.490 e. The van der Waals surface area contributed by atoms with E-state index in [1.807, 2.05) is 19.9 Å². The summed E-state index contributed by atoms with van der Waals surface area (Å²) in [5.41, 5.74) is 2.49. The summed E-state index contributed by atoms with van der Waals surface area (Å²) in [5.74, 6) is -2.50. The van der Waals surface area contributed by atoms with E-state index in [1.54, 1.807) is 0 Å². The molecule has 0 atom stereocenters. The summed E-state index contributed by atoms with van der Waals surface area (Å²) in [6.45, 7) is 5.38. The van der Waals surface area contributed by atoms with Gasteiger partial charge in [0.15, 0.2) is 0 Å². The Hall–Kier alpha value is -2.83. The van der Waals surface area contributed by atoms with Crippen LogP contribution in [-0.2, 0) is 9.59 Å². The SMILES string of the molecule is Cc1cc(C)c(C#N)c(N2CCC(CC(=O)O)CC2)n1.O=C(O)C(F)(F)F. The van der Waals surface area contributed by atoms with Crippen molar-refractivity contribution in [3.8, 4) is 6.07 Å². The Bertz CT molecular complexity index is 736. The molecule has 0 spiro atoms. The Kier molecular flexibility index (Phi) is 7.57. The van der Waals surface area contributed by atoms with E-state index in [2.05, 4.69) is 16.0 Å². The zero-order valence-corrected chi connectivity index (χ0v) is 14.9. The second kappa shape index (κ2) is 9.21. The third kappa shape index (κ3) is 6.77. The lowest BCUT2D eigenvalue weighted by molar-refractivity contribution is -0.192. The molecule has 0 aliphatic carbocycles. The van der Waals surface area contributed by atoms with E-state index < -0.39 is 18.1 Å². The number of aliphatic carboxylic acids is 2. The fraction of sp³-hybridized carbons (Fsp3) is 0.529. The molecule has 1 aliphatic rings. The number of carboxylic acid groups (broad SMARTS) is 2. The summed E-state index contributed by atoms with van der Waals surface area (Å²) < 4.78 is 31.7. The zero-order chi connectivity index (χ0) is 20.8. The number of halogens is 3. The lowest BCUT2D eigenvalue weighted by Gasteiger charge is -2.33. The first-order chi connectivity index (χ1) is 12.5. The van der Waals surface area contributed by atoms with E-state index >= 15 is 0 Å². The first-order valence-corrected chi connectivity index (χ1v) is 8.10. The number of pyridine rings is 1. The smallest absolute Gasteiger partial charge is 0.481 e. The topological polar surface area (TPSA) is 115 Å². The van der Waals surface area contributed by atoms with Crippen LogP contribution in [0, 0.1) is 31.1 Å². The number of anilines is 1. The maximum atomic E-state index is 10.7. The molecule has 2 heterocycles. The van der Waals surface area contributed by atoms with Crippen molar-refractivity contribution in [2.45, 2.75) is 39.3 Å². The van der Waals surface area contributed by atoms with Crippen molar-refractivity contribution >= 4 is 17.8 Å². The van der Waals surface area contributed by atoms with Crippen molar-refractivity contribution in [1.82, 2.24) is 4.98 Å². The summed E-state index contributed by atoms with van der Waals surface area (Å²) in [6.07, 6.45) is -3.17. The number of alkyl halides is 3. The van der Waals surface area contributed by atoms with Crippen LogP contribution >= 0.6 is 0 Å². The van der Waals surface area contributed by atoms with Crippen molar-refractivity contribution in [3.05, 3.63) is 22.9 Å². The number of piperidine rings is 1. The minimum Gasteiger partial charge on any atom is -0.481 e. The maximum Gasteiger partial charge on any atom is 0.490 e. The summed E-state index contributed by atoms with van der Waals surface area (Å²) in [6, 6.07) is 4.15. The van der Waals surface area contributed by atoms with Gasteiger partial charge in [-0.1, -0.05) is 0 Å². The Balaban J connectivity index is 0.000000445. The van der Waals surface area contributed by atoms with Gasteiger partial charge in [0.2, 0.25) is 0 Å². The van der Waals surface area contributed by atoms with Gasteiger partial charge >= 0.3 is 18.1 Å². The summed E-state index contributed by atoms with van der Waals surface area (Å²) in [5, 5.41) is 25.3. The molecule has 2 N–H and O–H groups in total.